The molecule has 0 fully saturated rings. The van der Waals surface area contributed by atoms with Crippen LogP contribution >= 0.6 is 0 Å². The van der Waals surface area contributed by atoms with Gasteiger partial charge in [0.15, 0.2) is 5.82 Å². The smallest absolute Gasteiger partial charge is 0.438 e. The molecule has 4 rings (SSSR count). The van der Waals surface area contributed by atoms with Crippen LogP contribution in [0.4, 0.5) is 18.9 Å². The van der Waals surface area contributed by atoms with Crippen molar-refractivity contribution in [2.75, 3.05) is 5.32 Å². The number of aromatic nitrogens is 4. The van der Waals surface area contributed by atoms with E-state index in [0.717, 1.165) is 17.7 Å². The Morgan fingerprint density at radius 1 is 1.03 bits per heavy atom. The number of hydrogen-bond donors (Lipinski definition) is 1. The van der Waals surface area contributed by atoms with Crippen molar-refractivity contribution in [2.45, 2.75) is 26.6 Å². The molecule has 184 valence electrons. The fourth-order valence-corrected chi connectivity index (χ4v) is 3.20. The molecule has 4 aromatic rings. The van der Waals surface area contributed by atoms with Crippen LogP contribution in [0.2, 0.25) is 0 Å². The largest absolute Gasteiger partial charge is 0.573 e. The molecule has 2 aromatic heterocycles. The van der Waals surface area contributed by atoms with Crippen LogP contribution < -0.4 is 14.8 Å². The van der Waals surface area contributed by atoms with Gasteiger partial charge in [-0.25, -0.2) is 19.9 Å². The number of alkyl halides is 3. The van der Waals surface area contributed by atoms with Crippen LogP contribution in [0.3, 0.4) is 0 Å². The minimum Gasteiger partial charge on any atom is -0.438 e. The molecule has 2 aromatic carbocycles. The molecule has 0 bridgehead atoms. The zero-order valence-corrected chi connectivity index (χ0v) is 19.2. The highest BCUT2D eigenvalue weighted by atomic mass is 19.4. The summed E-state index contributed by atoms with van der Waals surface area (Å²) >= 11 is 0. The van der Waals surface area contributed by atoms with Crippen LogP contribution in [0, 0.1) is 6.92 Å². The number of anilines is 1. The van der Waals surface area contributed by atoms with E-state index < -0.39 is 18.0 Å². The molecule has 0 aliphatic rings. The van der Waals surface area contributed by atoms with E-state index in [9.17, 15) is 18.0 Å². The van der Waals surface area contributed by atoms with Gasteiger partial charge in [-0.1, -0.05) is 19.1 Å². The Balaban J connectivity index is 1.56. The SMILES string of the molecule is CCc1ncnc(-c2cccnc2Oc2cc(NC(=O)c3cccc(OC(F)(F)F)c3)ccc2C)n1. The molecule has 1 amide bonds. The standard InChI is InChI=1S/C25H20F3N5O3/c1-3-21-30-14-31-22(33-21)19-8-5-11-29-24(19)35-20-13-17(10-9-15(20)2)32-23(34)16-6-4-7-18(12-16)36-25(26,27)28/h4-14H,3H2,1-2H3,(H,32,34). The van der Waals surface area contributed by atoms with Gasteiger partial charge in [-0.15, -0.1) is 13.2 Å². The summed E-state index contributed by atoms with van der Waals surface area (Å²) in [6.07, 6.45) is -1.23. The number of amides is 1. The molecule has 2 heterocycles. The third-order valence-electron chi connectivity index (χ3n) is 4.93. The number of halogens is 3. The summed E-state index contributed by atoms with van der Waals surface area (Å²) in [4.78, 5) is 29.7. The number of nitrogens with zero attached hydrogens (tertiary/aromatic N) is 4. The van der Waals surface area contributed by atoms with Crippen molar-refractivity contribution in [1.29, 1.82) is 0 Å². The number of aryl methyl sites for hydroxylation is 2. The third-order valence-corrected chi connectivity index (χ3v) is 4.93. The quantitative estimate of drug-likeness (QED) is 0.349. The molecule has 0 atom stereocenters. The van der Waals surface area contributed by atoms with Crippen molar-refractivity contribution in [2.24, 2.45) is 0 Å². The van der Waals surface area contributed by atoms with E-state index in [1.807, 2.05) is 13.8 Å². The van der Waals surface area contributed by atoms with E-state index in [0.29, 0.717) is 35.1 Å². The second-order valence-electron chi connectivity index (χ2n) is 7.55. The van der Waals surface area contributed by atoms with Crippen LogP contribution in [0.25, 0.3) is 11.4 Å². The molecular formula is C25H20F3N5O3. The second-order valence-corrected chi connectivity index (χ2v) is 7.55. The first-order valence-corrected chi connectivity index (χ1v) is 10.8. The van der Waals surface area contributed by atoms with Gasteiger partial charge in [0, 0.05) is 29.9 Å². The lowest BCUT2D eigenvalue weighted by Gasteiger charge is -2.13. The Morgan fingerprint density at radius 3 is 2.64 bits per heavy atom. The Morgan fingerprint density at radius 2 is 1.86 bits per heavy atom. The summed E-state index contributed by atoms with van der Waals surface area (Å²) in [6, 6.07) is 13.3. The summed E-state index contributed by atoms with van der Waals surface area (Å²) in [5.74, 6) is 0.595. The first kappa shape index (κ1) is 24.6. The zero-order chi connectivity index (χ0) is 25.7. The van der Waals surface area contributed by atoms with Crippen molar-refractivity contribution in [1.82, 2.24) is 19.9 Å². The van der Waals surface area contributed by atoms with Gasteiger partial charge in [0.25, 0.3) is 5.91 Å². The van der Waals surface area contributed by atoms with E-state index in [1.54, 1.807) is 36.5 Å². The van der Waals surface area contributed by atoms with Crippen LogP contribution in [-0.2, 0) is 6.42 Å². The Labute approximate surface area is 204 Å². The number of carbonyl (C=O) groups excluding carboxylic acids is 1. The number of rotatable bonds is 7. The second kappa shape index (κ2) is 10.4. The monoisotopic (exact) mass is 495 g/mol. The van der Waals surface area contributed by atoms with E-state index in [4.69, 9.17) is 4.74 Å². The first-order valence-electron chi connectivity index (χ1n) is 10.8. The number of carbonyl (C=O) groups is 1. The fourth-order valence-electron chi connectivity index (χ4n) is 3.20. The average molecular weight is 495 g/mol. The summed E-state index contributed by atoms with van der Waals surface area (Å²) in [7, 11) is 0. The van der Waals surface area contributed by atoms with Gasteiger partial charge in [-0.05, 0) is 48.9 Å². The fraction of sp³-hybridized carbons (Fsp3) is 0.160. The number of benzene rings is 2. The van der Waals surface area contributed by atoms with Crippen molar-refractivity contribution < 1.29 is 27.4 Å². The molecule has 0 saturated carbocycles. The van der Waals surface area contributed by atoms with E-state index in [1.165, 1.54) is 18.5 Å². The highest BCUT2D eigenvalue weighted by Crippen LogP contribution is 2.32. The Bertz CT molecular complexity index is 1400. The predicted octanol–water partition coefficient (Wildman–Crippen LogP) is 5.75. The molecule has 1 N–H and O–H groups in total. The molecule has 0 aliphatic carbocycles. The Kier molecular flexibility index (Phi) is 7.09. The normalized spacial score (nSPS) is 11.1. The highest BCUT2D eigenvalue weighted by Gasteiger charge is 2.31. The molecule has 36 heavy (non-hydrogen) atoms. The minimum absolute atomic E-state index is 0.00614. The van der Waals surface area contributed by atoms with Gasteiger partial charge in [0.1, 0.15) is 23.7 Å². The molecule has 0 aliphatic heterocycles. The number of pyridine rings is 1. The number of nitrogens with one attached hydrogen (secondary N) is 1. The number of hydrogen-bond acceptors (Lipinski definition) is 7. The number of ether oxygens (including phenoxy) is 2. The molecule has 0 saturated heterocycles. The van der Waals surface area contributed by atoms with Crippen LogP contribution in [0.1, 0.15) is 28.7 Å². The third kappa shape index (κ3) is 6.12. The van der Waals surface area contributed by atoms with Gasteiger partial charge in [-0.3, -0.25) is 4.79 Å². The first-order chi connectivity index (χ1) is 17.2. The van der Waals surface area contributed by atoms with Crippen LogP contribution in [0.15, 0.2) is 67.1 Å². The van der Waals surface area contributed by atoms with E-state index in [-0.39, 0.29) is 11.4 Å². The van der Waals surface area contributed by atoms with E-state index >= 15 is 0 Å². The van der Waals surface area contributed by atoms with Crippen molar-refractivity contribution in [3.05, 3.63) is 84.1 Å². The van der Waals surface area contributed by atoms with Gasteiger partial charge in [0.05, 0.1) is 5.56 Å². The van der Waals surface area contributed by atoms with Gasteiger partial charge < -0.3 is 14.8 Å². The van der Waals surface area contributed by atoms with Crippen LogP contribution in [0.5, 0.6) is 17.4 Å². The van der Waals surface area contributed by atoms with Crippen molar-refractivity contribution in [3.63, 3.8) is 0 Å². The predicted molar refractivity (Wildman–Crippen MR) is 125 cm³/mol. The molecular weight excluding hydrogens is 475 g/mol. The Hall–Kier alpha value is -4.54. The maximum absolute atomic E-state index is 12.7. The topological polar surface area (TPSA) is 99.1 Å². The molecule has 0 radical (unpaired) electrons. The lowest BCUT2D eigenvalue weighted by Crippen LogP contribution is -2.18. The maximum Gasteiger partial charge on any atom is 0.573 e. The maximum atomic E-state index is 12.7. The molecule has 8 nitrogen and oxygen atoms in total. The molecule has 11 heteroatoms. The molecule has 0 spiro atoms. The zero-order valence-electron chi connectivity index (χ0n) is 19.2. The van der Waals surface area contributed by atoms with Gasteiger partial charge in [-0.2, -0.15) is 0 Å². The van der Waals surface area contributed by atoms with Gasteiger partial charge in [0.2, 0.25) is 5.88 Å². The summed E-state index contributed by atoms with van der Waals surface area (Å²) < 4.78 is 47.5. The average Bonchev–Trinajstić information content (AvgIpc) is 2.85. The summed E-state index contributed by atoms with van der Waals surface area (Å²) in [6.45, 7) is 3.75. The molecule has 0 unspecified atom stereocenters. The van der Waals surface area contributed by atoms with Gasteiger partial charge >= 0.3 is 6.36 Å². The highest BCUT2D eigenvalue weighted by molar-refractivity contribution is 6.04. The van der Waals surface area contributed by atoms with E-state index in [2.05, 4.69) is 30.0 Å². The minimum atomic E-state index is -4.86. The lowest BCUT2D eigenvalue weighted by molar-refractivity contribution is -0.274. The summed E-state index contributed by atoms with van der Waals surface area (Å²) in [5, 5.41) is 2.65. The van der Waals surface area contributed by atoms with Crippen molar-refractivity contribution in [3.8, 4) is 28.8 Å². The lowest BCUT2D eigenvalue weighted by atomic mass is 10.1. The summed E-state index contributed by atoms with van der Waals surface area (Å²) in [5.41, 5.74) is 1.68. The van der Waals surface area contributed by atoms with Crippen molar-refractivity contribution >= 4 is 11.6 Å². The van der Waals surface area contributed by atoms with Crippen LogP contribution in [-0.4, -0.2) is 32.2 Å².